The largest absolute Gasteiger partial charge is 0.398 e. The van der Waals surface area contributed by atoms with Gasteiger partial charge in [-0.15, -0.1) is 11.8 Å². The Morgan fingerprint density at radius 3 is 2.94 bits per heavy atom. The molecule has 90 valence electrons. The summed E-state index contributed by atoms with van der Waals surface area (Å²) in [5.41, 5.74) is 8.01. The normalized spacial score (nSPS) is 10.6. The Hall–Kier alpha value is -1.42. The van der Waals surface area contributed by atoms with Crippen molar-refractivity contribution >= 4 is 17.4 Å². The molecule has 1 heterocycles. The highest BCUT2D eigenvalue weighted by atomic mass is 32.2. The van der Waals surface area contributed by atoms with Gasteiger partial charge in [-0.05, 0) is 18.6 Å². The Balaban J connectivity index is 2.02. The van der Waals surface area contributed by atoms with Gasteiger partial charge in [0.05, 0.1) is 6.33 Å². The van der Waals surface area contributed by atoms with E-state index >= 15 is 0 Å². The van der Waals surface area contributed by atoms with Gasteiger partial charge < -0.3 is 10.3 Å². The van der Waals surface area contributed by atoms with Gasteiger partial charge in [0.1, 0.15) is 0 Å². The van der Waals surface area contributed by atoms with E-state index in [1.807, 2.05) is 30.7 Å². The van der Waals surface area contributed by atoms with Crippen LogP contribution in [0, 0.1) is 0 Å². The molecular weight excluding hydrogens is 230 g/mol. The van der Waals surface area contributed by atoms with Crippen LogP contribution in [0.1, 0.15) is 19.0 Å². The minimum absolute atomic E-state index is 0.846. The van der Waals surface area contributed by atoms with E-state index in [0.29, 0.717) is 0 Å². The molecule has 0 aliphatic carbocycles. The number of aryl methyl sites for hydroxylation is 1. The van der Waals surface area contributed by atoms with Crippen molar-refractivity contribution in [3.63, 3.8) is 0 Å². The molecule has 0 amide bonds. The number of anilines is 1. The van der Waals surface area contributed by atoms with Crippen molar-refractivity contribution in [1.82, 2.24) is 9.55 Å². The van der Waals surface area contributed by atoms with Crippen molar-refractivity contribution in [2.24, 2.45) is 0 Å². The van der Waals surface area contributed by atoms with Crippen LogP contribution >= 0.6 is 11.8 Å². The maximum absolute atomic E-state index is 5.91. The van der Waals surface area contributed by atoms with E-state index < -0.39 is 0 Å². The zero-order valence-electron chi connectivity index (χ0n) is 9.97. The Bertz CT molecular complexity index is 479. The number of rotatable bonds is 5. The number of para-hydroxylation sites is 1. The third kappa shape index (κ3) is 3.03. The predicted molar refractivity (Wildman–Crippen MR) is 72.9 cm³/mol. The molecule has 1 aromatic carbocycles. The van der Waals surface area contributed by atoms with Crippen molar-refractivity contribution in [2.45, 2.75) is 30.5 Å². The van der Waals surface area contributed by atoms with Crippen molar-refractivity contribution in [3.8, 4) is 0 Å². The van der Waals surface area contributed by atoms with Crippen LogP contribution in [0.2, 0.25) is 0 Å². The molecule has 4 heteroatoms. The first-order chi connectivity index (χ1) is 8.31. The van der Waals surface area contributed by atoms with Crippen LogP contribution in [-0.2, 0) is 12.3 Å². The monoisotopic (exact) mass is 247 g/mol. The number of benzene rings is 1. The standard InChI is InChI=1S/C13H17N3S/c1-2-7-16-10-15-8-11(16)9-17-13-6-4-3-5-12(13)14/h3-6,8,10H,2,7,9,14H2,1H3. The number of imidazole rings is 1. The molecule has 17 heavy (non-hydrogen) atoms. The number of nitrogens with zero attached hydrogens (tertiary/aromatic N) is 2. The zero-order valence-corrected chi connectivity index (χ0v) is 10.8. The van der Waals surface area contributed by atoms with Crippen molar-refractivity contribution in [1.29, 1.82) is 0 Å². The lowest BCUT2D eigenvalue weighted by Crippen LogP contribution is -1.99. The molecule has 2 aromatic rings. The maximum atomic E-state index is 5.91. The van der Waals surface area contributed by atoms with E-state index in [4.69, 9.17) is 5.73 Å². The third-order valence-corrected chi connectivity index (χ3v) is 3.68. The van der Waals surface area contributed by atoms with Gasteiger partial charge in [-0.25, -0.2) is 4.98 Å². The van der Waals surface area contributed by atoms with Crippen LogP contribution in [0.25, 0.3) is 0 Å². The second kappa shape index (κ2) is 5.77. The lowest BCUT2D eigenvalue weighted by Gasteiger charge is -2.07. The summed E-state index contributed by atoms with van der Waals surface area (Å²) in [5.74, 6) is 0.911. The average Bonchev–Trinajstić information content (AvgIpc) is 2.76. The van der Waals surface area contributed by atoms with Crippen LogP contribution in [0.5, 0.6) is 0 Å². The minimum Gasteiger partial charge on any atom is -0.398 e. The minimum atomic E-state index is 0.846. The van der Waals surface area contributed by atoms with E-state index in [2.05, 4.69) is 22.5 Å². The van der Waals surface area contributed by atoms with Crippen LogP contribution in [0.15, 0.2) is 41.7 Å². The number of hydrogen-bond donors (Lipinski definition) is 1. The smallest absolute Gasteiger partial charge is 0.0948 e. The molecule has 0 radical (unpaired) electrons. The van der Waals surface area contributed by atoms with E-state index in [1.54, 1.807) is 11.8 Å². The first-order valence-electron chi connectivity index (χ1n) is 5.77. The Morgan fingerprint density at radius 1 is 1.35 bits per heavy atom. The molecule has 0 aliphatic rings. The van der Waals surface area contributed by atoms with Gasteiger partial charge in [0.2, 0.25) is 0 Å². The summed E-state index contributed by atoms with van der Waals surface area (Å²) in [6.45, 7) is 3.20. The molecule has 0 unspecified atom stereocenters. The van der Waals surface area contributed by atoms with E-state index in [-0.39, 0.29) is 0 Å². The molecule has 0 spiro atoms. The van der Waals surface area contributed by atoms with Crippen LogP contribution in [0.3, 0.4) is 0 Å². The second-order valence-electron chi connectivity index (χ2n) is 3.90. The van der Waals surface area contributed by atoms with Gasteiger partial charge in [0.25, 0.3) is 0 Å². The summed E-state index contributed by atoms with van der Waals surface area (Å²) >= 11 is 1.76. The maximum Gasteiger partial charge on any atom is 0.0948 e. The first-order valence-corrected chi connectivity index (χ1v) is 6.76. The third-order valence-electron chi connectivity index (χ3n) is 2.56. The first kappa shape index (κ1) is 12.0. The quantitative estimate of drug-likeness (QED) is 0.652. The summed E-state index contributed by atoms with van der Waals surface area (Å²) in [6, 6.07) is 7.97. The van der Waals surface area contributed by atoms with Gasteiger partial charge in [-0.3, -0.25) is 0 Å². The summed E-state index contributed by atoms with van der Waals surface area (Å²) in [5, 5.41) is 0. The van der Waals surface area contributed by atoms with Crippen molar-refractivity contribution in [3.05, 3.63) is 42.5 Å². The lowest BCUT2D eigenvalue weighted by atomic mass is 10.3. The molecule has 2 rings (SSSR count). The zero-order chi connectivity index (χ0) is 12.1. The molecule has 0 fully saturated rings. The van der Waals surface area contributed by atoms with Crippen LogP contribution < -0.4 is 5.73 Å². The number of nitrogen functional groups attached to an aromatic ring is 1. The molecule has 1 aromatic heterocycles. The van der Waals surface area contributed by atoms with Gasteiger partial charge in [0.15, 0.2) is 0 Å². The second-order valence-corrected chi connectivity index (χ2v) is 4.92. The Kier molecular flexibility index (Phi) is 4.09. The van der Waals surface area contributed by atoms with Gasteiger partial charge in [0, 0.05) is 34.8 Å². The fraction of sp³-hybridized carbons (Fsp3) is 0.308. The number of aromatic nitrogens is 2. The van der Waals surface area contributed by atoms with Crippen molar-refractivity contribution < 1.29 is 0 Å². The fourth-order valence-electron chi connectivity index (χ4n) is 1.67. The molecule has 0 atom stereocenters. The van der Waals surface area contributed by atoms with Crippen LogP contribution in [-0.4, -0.2) is 9.55 Å². The summed E-state index contributed by atoms with van der Waals surface area (Å²) in [6.07, 6.45) is 4.96. The van der Waals surface area contributed by atoms with Crippen molar-refractivity contribution in [2.75, 3.05) is 5.73 Å². The van der Waals surface area contributed by atoms with Gasteiger partial charge >= 0.3 is 0 Å². The number of hydrogen-bond acceptors (Lipinski definition) is 3. The summed E-state index contributed by atoms with van der Waals surface area (Å²) in [4.78, 5) is 5.33. The van der Waals surface area contributed by atoms with Gasteiger partial charge in [-0.2, -0.15) is 0 Å². The molecule has 0 saturated carbocycles. The molecule has 3 nitrogen and oxygen atoms in total. The molecular formula is C13H17N3S. The average molecular weight is 247 g/mol. The molecule has 0 bridgehead atoms. The SMILES string of the molecule is CCCn1cncc1CSc1ccccc1N. The highest BCUT2D eigenvalue weighted by molar-refractivity contribution is 7.98. The van der Waals surface area contributed by atoms with E-state index in [0.717, 1.165) is 29.3 Å². The van der Waals surface area contributed by atoms with E-state index in [1.165, 1.54) is 5.69 Å². The van der Waals surface area contributed by atoms with Gasteiger partial charge in [-0.1, -0.05) is 19.1 Å². The number of nitrogens with two attached hydrogens (primary N) is 1. The topological polar surface area (TPSA) is 43.8 Å². The van der Waals surface area contributed by atoms with E-state index in [9.17, 15) is 0 Å². The van der Waals surface area contributed by atoms with Crippen LogP contribution in [0.4, 0.5) is 5.69 Å². The summed E-state index contributed by atoms with van der Waals surface area (Å²) in [7, 11) is 0. The predicted octanol–water partition coefficient (Wildman–Crippen LogP) is 3.17. The Morgan fingerprint density at radius 2 is 2.18 bits per heavy atom. The molecule has 0 saturated heterocycles. The highest BCUT2D eigenvalue weighted by Gasteiger charge is 2.04. The number of thioether (sulfide) groups is 1. The Labute approximate surface area is 106 Å². The lowest BCUT2D eigenvalue weighted by molar-refractivity contribution is 0.659. The highest BCUT2D eigenvalue weighted by Crippen LogP contribution is 2.27. The molecule has 0 aliphatic heterocycles. The summed E-state index contributed by atoms with van der Waals surface area (Å²) < 4.78 is 2.20. The molecule has 2 N–H and O–H groups in total. The fourth-order valence-corrected chi connectivity index (χ4v) is 2.63.